The number of hydrogen-bond acceptors (Lipinski definition) is 4. The molecule has 1 aromatic heterocycles. The maximum Gasteiger partial charge on any atom is 0.310 e. The van der Waals surface area contributed by atoms with E-state index in [1.165, 1.54) is 12.0 Å². The minimum Gasteiger partial charge on any atom is -0.469 e. The molecule has 2 atom stereocenters. The van der Waals surface area contributed by atoms with Gasteiger partial charge in [0.1, 0.15) is 0 Å². The molecule has 1 rings (SSSR count). The molecular formula is C12H18BrNO2S. The van der Waals surface area contributed by atoms with Crippen molar-refractivity contribution in [3.8, 4) is 0 Å². The monoisotopic (exact) mass is 319 g/mol. The van der Waals surface area contributed by atoms with Crippen LogP contribution in [0.5, 0.6) is 0 Å². The van der Waals surface area contributed by atoms with Crippen molar-refractivity contribution < 1.29 is 9.53 Å². The highest BCUT2D eigenvalue weighted by Crippen LogP contribution is 2.36. The summed E-state index contributed by atoms with van der Waals surface area (Å²) in [5.74, 6) is -0.267. The molecule has 0 N–H and O–H groups in total. The van der Waals surface area contributed by atoms with Crippen LogP contribution < -0.4 is 0 Å². The molecule has 0 saturated heterocycles. The third-order valence-electron chi connectivity index (χ3n) is 2.77. The number of halogens is 1. The van der Waals surface area contributed by atoms with E-state index in [1.54, 1.807) is 11.3 Å². The Morgan fingerprint density at radius 1 is 1.53 bits per heavy atom. The van der Waals surface area contributed by atoms with Crippen LogP contribution in [0.25, 0.3) is 0 Å². The molecule has 96 valence electrons. The number of nitrogens with zero attached hydrogens (tertiary/aromatic N) is 1. The fourth-order valence-corrected chi connectivity index (χ4v) is 3.66. The van der Waals surface area contributed by atoms with Crippen molar-refractivity contribution in [2.24, 2.45) is 5.92 Å². The van der Waals surface area contributed by atoms with Crippen LogP contribution in [0.15, 0.2) is 15.9 Å². The predicted octanol–water partition coefficient (Wildman–Crippen LogP) is 3.31. The smallest absolute Gasteiger partial charge is 0.310 e. The zero-order valence-corrected chi connectivity index (χ0v) is 13.0. The fraction of sp³-hybridized carbons (Fsp3) is 0.583. The predicted molar refractivity (Wildman–Crippen MR) is 74.2 cm³/mol. The second kappa shape index (κ2) is 6.52. The molecule has 0 radical (unpaired) electrons. The average molecular weight is 320 g/mol. The molecule has 0 saturated carbocycles. The molecule has 1 heterocycles. The summed E-state index contributed by atoms with van der Waals surface area (Å²) in [4.78, 5) is 15.1. The molecule has 0 aliphatic rings. The molecule has 0 aliphatic heterocycles. The number of ether oxygens (including phenoxy) is 1. The summed E-state index contributed by atoms with van der Waals surface area (Å²) in [6, 6.07) is 4.15. The summed E-state index contributed by atoms with van der Waals surface area (Å²) < 4.78 is 5.97. The second-order valence-corrected chi connectivity index (χ2v) is 6.58. The molecule has 0 spiro atoms. The van der Waals surface area contributed by atoms with Crippen molar-refractivity contribution in [2.45, 2.75) is 19.4 Å². The molecule has 0 fully saturated rings. The first-order valence-corrected chi connectivity index (χ1v) is 7.11. The van der Waals surface area contributed by atoms with E-state index >= 15 is 0 Å². The lowest BCUT2D eigenvalue weighted by molar-refractivity contribution is -0.147. The first-order chi connectivity index (χ1) is 8.01. The number of carbonyl (C=O) groups is 1. The van der Waals surface area contributed by atoms with Crippen molar-refractivity contribution in [3.63, 3.8) is 0 Å². The van der Waals surface area contributed by atoms with Crippen molar-refractivity contribution in [1.82, 2.24) is 4.90 Å². The van der Waals surface area contributed by atoms with E-state index in [1.807, 2.05) is 27.1 Å². The molecule has 0 bridgehead atoms. The Hall–Kier alpha value is -0.390. The van der Waals surface area contributed by atoms with Gasteiger partial charge in [-0.3, -0.25) is 4.79 Å². The molecule has 0 amide bonds. The standard InChI is InChI=1S/C12H18BrNO2S/c1-5-8(12(15)16-4)11(14(2)3)9-6-7-10(13)17-9/h6-8,11H,5H2,1-4H3. The van der Waals surface area contributed by atoms with E-state index in [4.69, 9.17) is 4.74 Å². The Balaban J connectivity index is 3.03. The van der Waals surface area contributed by atoms with Crippen molar-refractivity contribution >= 4 is 33.2 Å². The van der Waals surface area contributed by atoms with Crippen LogP contribution in [0.3, 0.4) is 0 Å². The summed E-state index contributed by atoms with van der Waals surface area (Å²) >= 11 is 5.12. The van der Waals surface area contributed by atoms with E-state index in [0.717, 1.165) is 10.2 Å². The van der Waals surface area contributed by atoms with E-state index in [9.17, 15) is 4.79 Å². The van der Waals surface area contributed by atoms with Crippen LogP contribution in [0, 0.1) is 5.92 Å². The van der Waals surface area contributed by atoms with Gasteiger partial charge >= 0.3 is 5.97 Å². The normalized spacial score (nSPS) is 14.7. The largest absolute Gasteiger partial charge is 0.469 e. The number of carbonyl (C=O) groups excluding carboxylic acids is 1. The number of esters is 1. The molecule has 17 heavy (non-hydrogen) atoms. The molecular weight excluding hydrogens is 302 g/mol. The number of thiophene rings is 1. The van der Waals surface area contributed by atoms with E-state index in [2.05, 4.69) is 26.9 Å². The van der Waals surface area contributed by atoms with Crippen LogP contribution in [0.1, 0.15) is 24.3 Å². The SMILES string of the molecule is CCC(C(=O)OC)C(c1ccc(Br)s1)N(C)C. The second-order valence-electron chi connectivity index (χ2n) is 4.09. The van der Waals surface area contributed by atoms with Gasteiger partial charge in [-0.1, -0.05) is 6.92 Å². The van der Waals surface area contributed by atoms with Crippen LogP contribution in [-0.2, 0) is 9.53 Å². The molecule has 0 aromatic carbocycles. The van der Waals surface area contributed by atoms with Gasteiger partial charge in [0.25, 0.3) is 0 Å². The minimum atomic E-state index is -0.143. The topological polar surface area (TPSA) is 29.5 Å². The lowest BCUT2D eigenvalue weighted by Gasteiger charge is -2.29. The average Bonchev–Trinajstić information content (AvgIpc) is 2.70. The Bertz CT molecular complexity index is 378. The maximum absolute atomic E-state index is 11.8. The van der Waals surface area contributed by atoms with Crippen LogP contribution in [0.2, 0.25) is 0 Å². The first-order valence-electron chi connectivity index (χ1n) is 5.50. The Labute approximate surface area is 115 Å². The maximum atomic E-state index is 11.8. The van der Waals surface area contributed by atoms with Crippen molar-refractivity contribution in [3.05, 3.63) is 20.8 Å². The third-order valence-corrected chi connectivity index (χ3v) is 4.46. The van der Waals surface area contributed by atoms with Gasteiger partial charge in [0.15, 0.2) is 0 Å². The highest BCUT2D eigenvalue weighted by atomic mass is 79.9. The first kappa shape index (κ1) is 14.7. The minimum absolute atomic E-state index is 0.0729. The molecule has 0 aliphatic carbocycles. The van der Waals surface area contributed by atoms with Crippen molar-refractivity contribution in [1.29, 1.82) is 0 Å². The lowest BCUT2D eigenvalue weighted by atomic mass is 9.95. The summed E-state index contributed by atoms with van der Waals surface area (Å²) in [7, 11) is 5.43. The quantitative estimate of drug-likeness (QED) is 0.780. The van der Waals surface area contributed by atoms with E-state index in [0.29, 0.717) is 0 Å². The van der Waals surface area contributed by atoms with Gasteiger partial charge in [0.2, 0.25) is 0 Å². The Kier molecular flexibility index (Phi) is 5.62. The van der Waals surface area contributed by atoms with E-state index in [-0.39, 0.29) is 17.9 Å². The van der Waals surface area contributed by atoms with Gasteiger partial charge in [-0.05, 0) is 48.6 Å². The Morgan fingerprint density at radius 3 is 2.53 bits per heavy atom. The van der Waals surface area contributed by atoms with Crippen molar-refractivity contribution in [2.75, 3.05) is 21.2 Å². The number of rotatable bonds is 5. The van der Waals surface area contributed by atoms with Gasteiger partial charge < -0.3 is 9.64 Å². The highest BCUT2D eigenvalue weighted by Gasteiger charge is 2.31. The van der Waals surface area contributed by atoms with Gasteiger partial charge in [-0.15, -0.1) is 11.3 Å². The molecule has 1 aromatic rings. The molecule has 5 heteroatoms. The lowest BCUT2D eigenvalue weighted by Crippen LogP contribution is -2.32. The van der Waals surface area contributed by atoms with E-state index < -0.39 is 0 Å². The van der Waals surface area contributed by atoms with Crippen LogP contribution >= 0.6 is 27.3 Å². The van der Waals surface area contributed by atoms with Crippen LogP contribution in [0.4, 0.5) is 0 Å². The molecule has 3 nitrogen and oxygen atoms in total. The summed E-state index contributed by atoms with van der Waals surface area (Å²) in [6.45, 7) is 2.01. The van der Waals surface area contributed by atoms with Crippen LogP contribution in [-0.4, -0.2) is 32.1 Å². The highest BCUT2D eigenvalue weighted by molar-refractivity contribution is 9.11. The summed E-state index contributed by atoms with van der Waals surface area (Å²) in [5, 5.41) is 0. The zero-order chi connectivity index (χ0) is 13.0. The van der Waals surface area contributed by atoms with Gasteiger partial charge in [0.05, 0.1) is 22.9 Å². The number of methoxy groups -OCH3 is 1. The Morgan fingerprint density at radius 2 is 2.18 bits per heavy atom. The zero-order valence-electron chi connectivity index (χ0n) is 10.6. The van der Waals surface area contributed by atoms with Gasteiger partial charge in [-0.2, -0.15) is 0 Å². The third kappa shape index (κ3) is 3.53. The fourth-order valence-electron chi connectivity index (χ4n) is 1.97. The van der Waals surface area contributed by atoms with Gasteiger partial charge in [0, 0.05) is 4.88 Å². The summed E-state index contributed by atoms with van der Waals surface area (Å²) in [5.41, 5.74) is 0. The summed E-state index contributed by atoms with van der Waals surface area (Å²) in [6.07, 6.45) is 0.769. The number of hydrogen-bond donors (Lipinski definition) is 0. The molecule has 2 unspecified atom stereocenters. The van der Waals surface area contributed by atoms with Gasteiger partial charge in [-0.25, -0.2) is 0 Å².